The second-order valence-electron chi connectivity index (χ2n) is 4.38. The van der Waals surface area contributed by atoms with Crippen LogP contribution in [0.15, 0.2) is 4.79 Å². The first-order chi connectivity index (χ1) is 7.16. The van der Waals surface area contributed by atoms with E-state index in [9.17, 15) is 4.79 Å². The maximum atomic E-state index is 11.9. The molecule has 0 amide bonds. The van der Waals surface area contributed by atoms with Crippen LogP contribution >= 0.6 is 0 Å². The number of hydrogen-bond acceptors (Lipinski definition) is 2. The molecule has 0 spiro atoms. The highest BCUT2D eigenvalue weighted by Crippen LogP contribution is 2.41. The smallest absolute Gasteiger partial charge is 0.290 e. The van der Waals surface area contributed by atoms with Crippen LogP contribution in [0.2, 0.25) is 0 Å². The van der Waals surface area contributed by atoms with Crippen LogP contribution in [0.1, 0.15) is 44.2 Å². The highest BCUT2D eigenvalue weighted by molar-refractivity contribution is 5.45. The van der Waals surface area contributed by atoms with Crippen molar-refractivity contribution in [3.05, 3.63) is 16.0 Å². The van der Waals surface area contributed by atoms with E-state index in [1.54, 1.807) is 4.68 Å². The Balaban J connectivity index is 2.37. The maximum absolute atomic E-state index is 11.9. The molecule has 0 aliphatic heterocycles. The summed E-state index contributed by atoms with van der Waals surface area (Å²) < 4.78 is 3.73. The Bertz CT molecular complexity index is 412. The standard InChI is InChI=1S/C11H19N3O/c1-3-4-7-14-11(15)9(12)10(13(14)2)8-5-6-8/h8H,3-7,12H2,1-2H3. The van der Waals surface area contributed by atoms with E-state index in [1.807, 2.05) is 11.7 Å². The first kappa shape index (κ1) is 10.3. The number of hydrogen-bond donors (Lipinski definition) is 1. The molecule has 15 heavy (non-hydrogen) atoms. The third kappa shape index (κ3) is 1.68. The lowest BCUT2D eigenvalue weighted by Crippen LogP contribution is -2.22. The Hall–Kier alpha value is -1.19. The van der Waals surface area contributed by atoms with Crippen LogP contribution in [-0.4, -0.2) is 9.36 Å². The van der Waals surface area contributed by atoms with Crippen LogP contribution in [0.25, 0.3) is 0 Å². The lowest BCUT2D eigenvalue weighted by Gasteiger charge is -2.08. The van der Waals surface area contributed by atoms with Gasteiger partial charge in [-0.05, 0) is 19.3 Å². The van der Waals surface area contributed by atoms with Gasteiger partial charge in [0, 0.05) is 19.5 Å². The van der Waals surface area contributed by atoms with Gasteiger partial charge in [-0.1, -0.05) is 13.3 Å². The van der Waals surface area contributed by atoms with E-state index in [0.717, 1.165) is 25.1 Å². The van der Waals surface area contributed by atoms with Crippen molar-refractivity contribution >= 4 is 5.69 Å². The third-order valence-corrected chi connectivity index (χ3v) is 3.14. The third-order valence-electron chi connectivity index (χ3n) is 3.14. The first-order valence-electron chi connectivity index (χ1n) is 5.72. The molecule has 0 bridgehead atoms. The van der Waals surface area contributed by atoms with Gasteiger partial charge in [0.1, 0.15) is 5.69 Å². The van der Waals surface area contributed by atoms with Crippen LogP contribution in [0.3, 0.4) is 0 Å². The summed E-state index contributed by atoms with van der Waals surface area (Å²) in [6.07, 6.45) is 4.47. The second-order valence-corrected chi connectivity index (χ2v) is 4.38. The molecule has 2 rings (SSSR count). The van der Waals surface area contributed by atoms with E-state index in [1.165, 1.54) is 12.8 Å². The van der Waals surface area contributed by atoms with Gasteiger partial charge in [0.2, 0.25) is 0 Å². The number of nitrogens with two attached hydrogens (primary N) is 1. The molecule has 1 heterocycles. The maximum Gasteiger partial charge on any atom is 0.290 e. The molecule has 1 saturated carbocycles. The van der Waals surface area contributed by atoms with Crippen LogP contribution in [-0.2, 0) is 13.6 Å². The molecule has 1 aliphatic rings. The molecule has 4 heteroatoms. The van der Waals surface area contributed by atoms with Gasteiger partial charge in [0.05, 0.1) is 5.69 Å². The van der Waals surface area contributed by atoms with Crippen molar-refractivity contribution in [1.82, 2.24) is 9.36 Å². The normalized spacial score (nSPS) is 15.9. The zero-order valence-electron chi connectivity index (χ0n) is 9.49. The number of aromatic nitrogens is 2. The number of rotatable bonds is 4. The molecule has 0 aromatic carbocycles. The first-order valence-corrected chi connectivity index (χ1v) is 5.72. The quantitative estimate of drug-likeness (QED) is 0.816. The number of unbranched alkanes of at least 4 members (excludes halogenated alkanes) is 1. The highest BCUT2D eigenvalue weighted by Gasteiger charge is 2.31. The summed E-state index contributed by atoms with van der Waals surface area (Å²) in [5, 5.41) is 0. The summed E-state index contributed by atoms with van der Waals surface area (Å²) in [5.41, 5.74) is 7.38. The molecule has 1 aliphatic carbocycles. The fourth-order valence-electron chi connectivity index (χ4n) is 2.09. The van der Waals surface area contributed by atoms with Crippen molar-refractivity contribution in [3.63, 3.8) is 0 Å². The zero-order chi connectivity index (χ0) is 11.0. The minimum Gasteiger partial charge on any atom is -0.393 e. The molecule has 1 fully saturated rings. The number of nitrogens with zero attached hydrogens (tertiary/aromatic N) is 2. The summed E-state index contributed by atoms with van der Waals surface area (Å²) in [7, 11) is 1.95. The van der Waals surface area contributed by atoms with E-state index in [4.69, 9.17) is 5.73 Å². The van der Waals surface area contributed by atoms with Crippen molar-refractivity contribution < 1.29 is 0 Å². The predicted octanol–water partition coefficient (Wildman–Crippen LogP) is 1.45. The average Bonchev–Trinajstić information content (AvgIpc) is 2.99. The molecule has 0 radical (unpaired) electrons. The lowest BCUT2D eigenvalue weighted by atomic mass is 10.2. The number of nitrogen functional groups attached to an aromatic ring is 1. The lowest BCUT2D eigenvalue weighted by molar-refractivity contribution is 0.464. The largest absolute Gasteiger partial charge is 0.393 e. The van der Waals surface area contributed by atoms with E-state index in [0.29, 0.717) is 11.6 Å². The second kappa shape index (κ2) is 3.76. The Morgan fingerprint density at radius 3 is 2.67 bits per heavy atom. The van der Waals surface area contributed by atoms with Crippen molar-refractivity contribution in [2.45, 2.75) is 45.1 Å². The molecule has 0 atom stereocenters. The van der Waals surface area contributed by atoms with Gasteiger partial charge in [-0.25, -0.2) is 4.68 Å². The summed E-state index contributed by atoms with van der Waals surface area (Å²) in [6.45, 7) is 2.90. The van der Waals surface area contributed by atoms with Crippen molar-refractivity contribution in [3.8, 4) is 0 Å². The SMILES string of the molecule is CCCCn1c(=O)c(N)c(C2CC2)n1C. The Morgan fingerprint density at radius 1 is 1.47 bits per heavy atom. The zero-order valence-corrected chi connectivity index (χ0v) is 9.49. The van der Waals surface area contributed by atoms with E-state index in [-0.39, 0.29) is 5.56 Å². The molecular weight excluding hydrogens is 190 g/mol. The molecule has 1 aromatic heterocycles. The summed E-state index contributed by atoms with van der Waals surface area (Å²) in [4.78, 5) is 11.9. The summed E-state index contributed by atoms with van der Waals surface area (Å²) >= 11 is 0. The molecule has 2 N–H and O–H groups in total. The predicted molar refractivity (Wildman–Crippen MR) is 61.0 cm³/mol. The van der Waals surface area contributed by atoms with Gasteiger partial charge >= 0.3 is 0 Å². The van der Waals surface area contributed by atoms with E-state index >= 15 is 0 Å². The van der Waals surface area contributed by atoms with Crippen molar-refractivity contribution in [2.75, 3.05) is 5.73 Å². The average molecular weight is 209 g/mol. The van der Waals surface area contributed by atoms with Crippen LogP contribution in [0.5, 0.6) is 0 Å². The summed E-state index contributed by atoms with van der Waals surface area (Å²) in [5.74, 6) is 0.533. The van der Waals surface area contributed by atoms with E-state index < -0.39 is 0 Å². The highest BCUT2D eigenvalue weighted by atomic mass is 16.1. The van der Waals surface area contributed by atoms with Crippen LogP contribution < -0.4 is 11.3 Å². The minimum absolute atomic E-state index is 0.00662. The van der Waals surface area contributed by atoms with Gasteiger partial charge in [-0.2, -0.15) is 0 Å². The molecule has 1 aromatic rings. The topological polar surface area (TPSA) is 52.9 Å². The molecule has 0 saturated heterocycles. The van der Waals surface area contributed by atoms with Crippen LogP contribution in [0, 0.1) is 0 Å². The van der Waals surface area contributed by atoms with E-state index in [2.05, 4.69) is 6.92 Å². The molecular formula is C11H19N3O. The monoisotopic (exact) mass is 209 g/mol. The summed E-state index contributed by atoms with van der Waals surface area (Å²) in [6, 6.07) is 0. The van der Waals surface area contributed by atoms with Crippen molar-refractivity contribution in [2.24, 2.45) is 7.05 Å². The van der Waals surface area contributed by atoms with Gasteiger partial charge in [-0.3, -0.25) is 9.48 Å². The minimum atomic E-state index is -0.00662. The Morgan fingerprint density at radius 2 is 2.13 bits per heavy atom. The molecule has 4 nitrogen and oxygen atoms in total. The van der Waals surface area contributed by atoms with Gasteiger partial charge in [0.25, 0.3) is 5.56 Å². The molecule has 0 unspecified atom stereocenters. The Labute approximate surface area is 89.7 Å². The van der Waals surface area contributed by atoms with Gasteiger partial charge < -0.3 is 5.73 Å². The fraction of sp³-hybridized carbons (Fsp3) is 0.727. The molecule has 84 valence electrons. The van der Waals surface area contributed by atoms with Crippen LogP contribution in [0.4, 0.5) is 5.69 Å². The van der Waals surface area contributed by atoms with Gasteiger partial charge in [0.15, 0.2) is 0 Å². The fourth-order valence-corrected chi connectivity index (χ4v) is 2.09. The van der Waals surface area contributed by atoms with Gasteiger partial charge in [-0.15, -0.1) is 0 Å². The Kier molecular flexibility index (Phi) is 2.59. The van der Waals surface area contributed by atoms with Crippen molar-refractivity contribution in [1.29, 1.82) is 0 Å². The number of anilines is 1.